The smallest absolute Gasteiger partial charge is 0.214 e. The quantitative estimate of drug-likeness (QED) is 0.457. The number of hydrogen-bond donors (Lipinski definition) is 0. The second-order valence-electron chi connectivity index (χ2n) is 6.47. The molecular formula is C19H21N7S. The highest BCUT2D eigenvalue weighted by atomic mass is 32.2. The Hall–Kier alpha value is -2.74. The topological polar surface area (TPSA) is 74.3 Å². The first-order valence-electron chi connectivity index (χ1n) is 9.03. The molecule has 138 valence electrons. The molecule has 0 atom stereocenters. The Morgan fingerprint density at radius 2 is 1.78 bits per heavy atom. The van der Waals surface area contributed by atoms with Gasteiger partial charge in [-0.25, -0.2) is 4.68 Å². The Kier molecular flexibility index (Phi) is 5.15. The summed E-state index contributed by atoms with van der Waals surface area (Å²) in [6.07, 6.45) is 3.52. The molecule has 0 saturated carbocycles. The zero-order chi connectivity index (χ0) is 18.6. The number of hydrogen-bond acceptors (Lipinski definition) is 6. The van der Waals surface area contributed by atoms with Crippen LogP contribution in [0.4, 0.5) is 0 Å². The summed E-state index contributed by atoms with van der Waals surface area (Å²) in [5, 5.41) is 21.2. The molecular weight excluding hydrogens is 358 g/mol. The fourth-order valence-electron chi connectivity index (χ4n) is 2.94. The maximum absolute atomic E-state index is 4.18. The van der Waals surface area contributed by atoms with E-state index in [0.717, 1.165) is 39.6 Å². The lowest BCUT2D eigenvalue weighted by molar-refractivity contribution is 0.736. The van der Waals surface area contributed by atoms with Crippen molar-refractivity contribution >= 4 is 22.8 Å². The van der Waals surface area contributed by atoms with E-state index in [1.165, 1.54) is 18.4 Å². The van der Waals surface area contributed by atoms with Crippen LogP contribution in [0.5, 0.6) is 0 Å². The first kappa shape index (κ1) is 17.7. The molecule has 27 heavy (non-hydrogen) atoms. The van der Waals surface area contributed by atoms with Gasteiger partial charge in [-0.3, -0.25) is 0 Å². The average Bonchev–Trinajstić information content (AvgIpc) is 3.32. The highest BCUT2D eigenvalue weighted by molar-refractivity contribution is 7.98. The zero-order valence-electron chi connectivity index (χ0n) is 15.4. The molecule has 0 bridgehead atoms. The largest absolute Gasteiger partial charge is 0.248 e. The van der Waals surface area contributed by atoms with Gasteiger partial charge in [0.25, 0.3) is 0 Å². The summed E-state index contributed by atoms with van der Waals surface area (Å²) in [6, 6.07) is 14.7. The third-order valence-corrected chi connectivity index (χ3v) is 5.47. The van der Waals surface area contributed by atoms with Crippen LogP contribution < -0.4 is 0 Å². The van der Waals surface area contributed by atoms with Gasteiger partial charge in [0, 0.05) is 12.8 Å². The van der Waals surface area contributed by atoms with Crippen molar-refractivity contribution in [3.8, 4) is 5.69 Å². The average molecular weight is 379 g/mol. The van der Waals surface area contributed by atoms with Gasteiger partial charge >= 0.3 is 0 Å². The monoisotopic (exact) mass is 379 g/mol. The van der Waals surface area contributed by atoms with Gasteiger partial charge in [0.2, 0.25) is 5.16 Å². The van der Waals surface area contributed by atoms with Gasteiger partial charge in [-0.15, -0.1) is 10.2 Å². The van der Waals surface area contributed by atoms with Crippen LogP contribution in [0.3, 0.4) is 0 Å². The normalized spacial score (nSPS) is 11.3. The second kappa shape index (κ2) is 7.87. The summed E-state index contributed by atoms with van der Waals surface area (Å²) < 4.78 is 3.56. The molecule has 2 aromatic heterocycles. The predicted molar refractivity (Wildman–Crippen MR) is 106 cm³/mol. The van der Waals surface area contributed by atoms with Crippen LogP contribution >= 0.6 is 11.8 Å². The fraction of sp³-hybridized carbons (Fsp3) is 0.316. The molecule has 0 aliphatic carbocycles. The number of rotatable bonds is 7. The van der Waals surface area contributed by atoms with E-state index < -0.39 is 0 Å². The Bertz CT molecular complexity index is 1040. The van der Waals surface area contributed by atoms with E-state index in [1.54, 1.807) is 21.1 Å². The molecule has 0 N–H and O–H groups in total. The van der Waals surface area contributed by atoms with E-state index in [-0.39, 0.29) is 0 Å². The van der Waals surface area contributed by atoms with E-state index in [0.29, 0.717) is 0 Å². The van der Waals surface area contributed by atoms with Gasteiger partial charge in [-0.1, -0.05) is 48.5 Å². The molecule has 0 aliphatic heterocycles. The van der Waals surface area contributed by atoms with Crippen molar-refractivity contribution in [2.45, 2.75) is 37.1 Å². The Morgan fingerprint density at radius 1 is 0.963 bits per heavy atom. The van der Waals surface area contributed by atoms with E-state index >= 15 is 0 Å². The van der Waals surface area contributed by atoms with E-state index in [1.807, 2.05) is 13.1 Å². The predicted octanol–water partition coefficient (Wildman–Crippen LogP) is 3.58. The maximum Gasteiger partial charge on any atom is 0.214 e. The van der Waals surface area contributed by atoms with Crippen LogP contribution in [0, 0.1) is 0 Å². The lowest BCUT2D eigenvalue weighted by Gasteiger charge is -2.06. The van der Waals surface area contributed by atoms with Gasteiger partial charge in [0.05, 0.1) is 11.2 Å². The number of tetrazole rings is 1. The van der Waals surface area contributed by atoms with Crippen LogP contribution in [0.25, 0.3) is 16.7 Å². The third kappa shape index (κ3) is 3.85. The summed E-state index contributed by atoms with van der Waals surface area (Å²) in [5.74, 6) is 0.765. The lowest BCUT2D eigenvalue weighted by atomic mass is 10.1. The molecule has 0 unspecified atom stereocenters. The van der Waals surface area contributed by atoms with Crippen molar-refractivity contribution in [1.82, 2.24) is 35.2 Å². The first-order chi connectivity index (χ1) is 13.2. The zero-order valence-corrected chi connectivity index (χ0v) is 16.2. The molecule has 0 radical (unpaired) electrons. The van der Waals surface area contributed by atoms with Crippen molar-refractivity contribution in [2.75, 3.05) is 0 Å². The Labute approximate surface area is 161 Å². The summed E-state index contributed by atoms with van der Waals surface area (Å²) in [6.45, 7) is 2.21. The number of unbranched alkanes of at least 4 members (excludes halogenated alkanes) is 1. The second-order valence-corrected chi connectivity index (χ2v) is 7.41. The van der Waals surface area contributed by atoms with Gasteiger partial charge in [0.1, 0.15) is 5.52 Å². The molecule has 0 fully saturated rings. The molecule has 0 spiro atoms. The molecule has 4 rings (SSSR count). The lowest BCUT2D eigenvalue weighted by Crippen LogP contribution is -1.99. The summed E-state index contributed by atoms with van der Waals surface area (Å²) in [5.41, 5.74) is 5.42. The van der Waals surface area contributed by atoms with Crippen molar-refractivity contribution in [3.63, 3.8) is 0 Å². The molecule has 0 saturated heterocycles. The van der Waals surface area contributed by atoms with Crippen molar-refractivity contribution in [3.05, 3.63) is 53.6 Å². The summed E-state index contributed by atoms with van der Waals surface area (Å²) in [7, 11) is 1.89. The number of thioether (sulfide) groups is 1. The molecule has 4 aromatic rings. The van der Waals surface area contributed by atoms with Crippen LogP contribution in [-0.4, -0.2) is 35.2 Å². The van der Waals surface area contributed by atoms with E-state index in [4.69, 9.17) is 0 Å². The number of nitrogens with zero attached hydrogens (tertiary/aromatic N) is 7. The van der Waals surface area contributed by atoms with Gasteiger partial charge < -0.3 is 0 Å². The fourth-order valence-corrected chi connectivity index (χ4v) is 3.77. The molecule has 8 heteroatoms. The van der Waals surface area contributed by atoms with E-state index in [2.05, 4.69) is 69.2 Å². The van der Waals surface area contributed by atoms with Gasteiger partial charge in [-0.2, -0.15) is 4.68 Å². The van der Waals surface area contributed by atoms with Gasteiger partial charge in [-0.05, 0) is 58.7 Å². The van der Waals surface area contributed by atoms with Crippen LogP contribution in [0.1, 0.15) is 30.9 Å². The molecule has 2 aromatic carbocycles. The molecule has 0 aliphatic rings. The number of fused-ring (bicyclic) bond motifs is 1. The van der Waals surface area contributed by atoms with Crippen LogP contribution in [-0.2, 0) is 19.2 Å². The molecule has 0 amide bonds. The number of aromatic nitrogens is 7. The summed E-state index contributed by atoms with van der Waals surface area (Å²) in [4.78, 5) is 0. The standard InChI is InChI=1S/C19H21N7S/c1-3-4-5-14-6-9-16(10-7-14)26-19(21-22-24-26)27-13-15-8-11-18-17(12-15)20-23-25(18)2/h6-12H,3-5,13H2,1-2H3. The Balaban J connectivity index is 1.48. The highest BCUT2D eigenvalue weighted by Gasteiger charge is 2.10. The molecule has 2 heterocycles. The van der Waals surface area contributed by atoms with Gasteiger partial charge in [0.15, 0.2) is 0 Å². The number of aryl methyl sites for hydroxylation is 2. The van der Waals surface area contributed by atoms with Crippen molar-refractivity contribution in [1.29, 1.82) is 0 Å². The first-order valence-corrected chi connectivity index (χ1v) is 10.0. The van der Waals surface area contributed by atoms with Crippen LogP contribution in [0.15, 0.2) is 47.6 Å². The molecule has 7 nitrogen and oxygen atoms in total. The maximum atomic E-state index is 4.18. The minimum Gasteiger partial charge on any atom is -0.248 e. The summed E-state index contributed by atoms with van der Waals surface area (Å²) >= 11 is 1.61. The minimum absolute atomic E-state index is 0.765. The highest BCUT2D eigenvalue weighted by Crippen LogP contribution is 2.24. The Morgan fingerprint density at radius 3 is 2.59 bits per heavy atom. The van der Waals surface area contributed by atoms with Crippen LogP contribution in [0.2, 0.25) is 0 Å². The van der Waals surface area contributed by atoms with Crippen molar-refractivity contribution < 1.29 is 0 Å². The van der Waals surface area contributed by atoms with E-state index in [9.17, 15) is 0 Å². The SMILES string of the molecule is CCCCc1ccc(-n2nnnc2SCc2ccc3c(c2)nnn3C)cc1. The third-order valence-electron chi connectivity index (χ3n) is 4.48. The number of benzene rings is 2. The van der Waals surface area contributed by atoms with Crippen molar-refractivity contribution in [2.24, 2.45) is 7.05 Å². The minimum atomic E-state index is 0.765.